The van der Waals surface area contributed by atoms with E-state index < -0.39 is 60.7 Å². The molecule has 38 heavy (non-hydrogen) atoms. The molecule has 7 rings (SSSR count). The van der Waals surface area contributed by atoms with Crippen LogP contribution in [0.25, 0.3) is 10.8 Å². The zero-order chi connectivity index (χ0) is 26.9. The Bertz CT molecular complexity index is 1400. The normalized spacial score (nSPS) is 38.9. The number of methoxy groups -OCH3 is 2. The number of aliphatic hydroxyl groups is 3. The summed E-state index contributed by atoms with van der Waals surface area (Å²) in [6.45, 7) is 2.82. The van der Waals surface area contributed by atoms with E-state index in [1.54, 1.807) is 13.0 Å². The van der Waals surface area contributed by atoms with Crippen molar-refractivity contribution in [2.75, 3.05) is 27.4 Å². The number of Topliss-reactive ketones (excluding diaryl/α,β-unsaturated/α-hetero) is 1. The van der Waals surface area contributed by atoms with Gasteiger partial charge in [-0.2, -0.15) is 0 Å². The molecule has 4 aliphatic heterocycles. The average molecular weight is 531 g/mol. The van der Waals surface area contributed by atoms with E-state index in [0.717, 1.165) is 5.56 Å². The molecule has 3 saturated heterocycles. The molecular weight excluding hydrogens is 500 g/mol. The van der Waals surface area contributed by atoms with Gasteiger partial charge < -0.3 is 48.8 Å². The highest BCUT2D eigenvalue weighted by Crippen LogP contribution is 2.71. The van der Waals surface area contributed by atoms with E-state index >= 15 is 0 Å². The van der Waals surface area contributed by atoms with Crippen molar-refractivity contribution in [1.29, 1.82) is 0 Å². The first kappa shape index (κ1) is 24.7. The molecule has 8 unspecified atom stereocenters. The van der Waals surface area contributed by atoms with Crippen molar-refractivity contribution in [2.24, 2.45) is 5.92 Å². The van der Waals surface area contributed by atoms with Gasteiger partial charge in [0.15, 0.2) is 11.9 Å². The number of rotatable bonds is 5. The number of benzene rings is 2. The maximum absolute atomic E-state index is 13.3. The summed E-state index contributed by atoms with van der Waals surface area (Å²) in [6, 6.07) is 1.78. The number of fused-ring (bicyclic) bond motifs is 8. The molecule has 11 nitrogen and oxygen atoms in total. The Morgan fingerprint density at radius 3 is 2.55 bits per heavy atom. The van der Waals surface area contributed by atoms with Crippen LogP contribution in [0.5, 0.6) is 11.5 Å². The van der Waals surface area contributed by atoms with Crippen LogP contribution >= 0.6 is 0 Å². The number of ether oxygens (including phenoxy) is 6. The van der Waals surface area contributed by atoms with E-state index in [0.29, 0.717) is 16.5 Å². The van der Waals surface area contributed by atoms with Crippen molar-refractivity contribution < 1.29 is 53.6 Å². The highest BCUT2D eigenvalue weighted by atomic mass is 16.9. The fourth-order valence-corrected chi connectivity index (χ4v) is 7.41. The van der Waals surface area contributed by atoms with Crippen LogP contribution in [0.3, 0.4) is 0 Å². The van der Waals surface area contributed by atoms with Crippen molar-refractivity contribution in [1.82, 2.24) is 0 Å². The second kappa shape index (κ2) is 7.64. The van der Waals surface area contributed by atoms with Gasteiger partial charge in [-0.1, -0.05) is 13.0 Å². The minimum Gasteiger partial charge on any atom is -0.506 e. The number of aliphatic hydroxyl groups excluding tert-OH is 3. The van der Waals surface area contributed by atoms with E-state index in [1.165, 1.54) is 14.2 Å². The van der Waals surface area contributed by atoms with E-state index in [1.807, 2.05) is 6.92 Å². The summed E-state index contributed by atoms with van der Waals surface area (Å²) in [4.78, 5) is 13.3. The molecular formula is C27H30O11. The number of hydrogen-bond donors (Lipinski definition) is 4. The Labute approximate surface area is 217 Å². The summed E-state index contributed by atoms with van der Waals surface area (Å²) in [5.41, 5.74) is 0.614. The van der Waals surface area contributed by atoms with Gasteiger partial charge >= 0.3 is 0 Å². The number of phenolic OH excluding ortho intramolecular Hbond substituents is 1. The van der Waals surface area contributed by atoms with Gasteiger partial charge in [0, 0.05) is 31.3 Å². The summed E-state index contributed by atoms with van der Waals surface area (Å²) in [7, 11) is 2.90. The summed E-state index contributed by atoms with van der Waals surface area (Å²) >= 11 is 0. The summed E-state index contributed by atoms with van der Waals surface area (Å²) in [5.74, 6) is -3.97. The Morgan fingerprint density at radius 1 is 1.21 bits per heavy atom. The standard InChI is InChI=1S/C27H30O11/c1-10-5-12-13(7-28)17-14(30)6-11(2)20(31)19(17)21(32)18(12)22-16(10)23-24-27(34-4,36-22)25(9-35-25)26(37-23,38-24)15(8-29)33-3/h5,11,14-15,23-24,28-30,32H,6-9H2,1-4H3. The fraction of sp³-hybridized carbons (Fsp3) is 0.593. The van der Waals surface area contributed by atoms with Crippen LogP contribution in [0.2, 0.25) is 0 Å². The smallest absolute Gasteiger partial charge is 0.276 e. The van der Waals surface area contributed by atoms with Crippen molar-refractivity contribution in [3.63, 3.8) is 0 Å². The molecule has 5 aliphatic rings. The van der Waals surface area contributed by atoms with Gasteiger partial charge in [-0.15, -0.1) is 0 Å². The number of aromatic hydroxyl groups is 1. The van der Waals surface area contributed by atoms with E-state index in [4.69, 9.17) is 28.4 Å². The van der Waals surface area contributed by atoms with Gasteiger partial charge in [-0.25, -0.2) is 0 Å². The van der Waals surface area contributed by atoms with Gasteiger partial charge in [-0.3, -0.25) is 4.79 Å². The molecule has 0 aromatic heterocycles. The first-order valence-corrected chi connectivity index (χ1v) is 12.7. The van der Waals surface area contributed by atoms with E-state index in [9.17, 15) is 25.2 Å². The first-order chi connectivity index (χ1) is 18.2. The summed E-state index contributed by atoms with van der Waals surface area (Å²) < 4.78 is 37.2. The third kappa shape index (κ3) is 2.46. The molecule has 4 N–H and O–H groups in total. The Balaban J connectivity index is 1.54. The molecule has 0 saturated carbocycles. The summed E-state index contributed by atoms with van der Waals surface area (Å²) in [5, 5.41) is 43.7. The van der Waals surface area contributed by atoms with Crippen molar-refractivity contribution >= 4 is 16.6 Å². The summed E-state index contributed by atoms with van der Waals surface area (Å²) in [6.07, 6.45) is -3.26. The maximum Gasteiger partial charge on any atom is 0.276 e. The zero-order valence-corrected chi connectivity index (χ0v) is 21.4. The molecule has 2 bridgehead atoms. The topological polar surface area (TPSA) is 157 Å². The molecule has 1 spiro atoms. The lowest BCUT2D eigenvalue weighted by atomic mass is 9.75. The van der Waals surface area contributed by atoms with Crippen molar-refractivity contribution in [2.45, 2.75) is 68.5 Å². The Kier molecular flexibility index (Phi) is 4.96. The van der Waals surface area contributed by atoms with Crippen LogP contribution in [0.4, 0.5) is 0 Å². The van der Waals surface area contributed by atoms with Crippen molar-refractivity contribution in [3.05, 3.63) is 33.9 Å². The van der Waals surface area contributed by atoms with Gasteiger partial charge in [-0.05, 0) is 29.9 Å². The quantitative estimate of drug-likeness (QED) is 0.413. The average Bonchev–Trinajstić information content (AvgIpc) is 3.56. The van der Waals surface area contributed by atoms with Crippen LogP contribution in [0.15, 0.2) is 6.07 Å². The molecule has 1 aliphatic carbocycles. The molecule has 3 fully saturated rings. The third-order valence-electron chi connectivity index (χ3n) is 9.21. The van der Waals surface area contributed by atoms with Crippen LogP contribution in [0, 0.1) is 12.8 Å². The van der Waals surface area contributed by atoms with Crippen molar-refractivity contribution in [3.8, 4) is 11.5 Å². The SMILES string of the molecule is COC(CO)C12OC3c4c(C)cc5c(CO)c6c(c(O)c5c4OC(OC)(C3O1)C21CO1)C(=O)C(C)CC6O. The lowest BCUT2D eigenvalue weighted by molar-refractivity contribution is -0.313. The second-order valence-corrected chi connectivity index (χ2v) is 10.9. The number of carbonyl (C=O) groups excluding carboxylic acids is 1. The number of phenols is 1. The number of epoxide rings is 1. The monoisotopic (exact) mass is 530 g/mol. The van der Waals surface area contributed by atoms with Crippen LogP contribution in [-0.4, -0.2) is 83.0 Å². The van der Waals surface area contributed by atoms with E-state index in [-0.39, 0.29) is 46.8 Å². The third-order valence-corrected chi connectivity index (χ3v) is 9.21. The predicted molar refractivity (Wildman–Crippen MR) is 128 cm³/mol. The predicted octanol–water partition coefficient (Wildman–Crippen LogP) is 1.28. The molecule has 8 atom stereocenters. The van der Waals surface area contributed by atoms with Gasteiger partial charge in [0.25, 0.3) is 5.79 Å². The van der Waals surface area contributed by atoms with Gasteiger partial charge in [0.2, 0.25) is 11.4 Å². The second-order valence-electron chi connectivity index (χ2n) is 10.9. The minimum absolute atomic E-state index is 0.0142. The molecule has 4 heterocycles. The van der Waals surface area contributed by atoms with Gasteiger partial charge in [0.1, 0.15) is 23.7 Å². The molecule has 11 heteroatoms. The molecule has 0 radical (unpaired) electrons. The maximum atomic E-state index is 13.3. The van der Waals surface area contributed by atoms with E-state index in [2.05, 4.69) is 0 Å². The number of carbonyl (C=O) groups is 1. The highest BCUT2D eigenvalue weighted by Gasteiger charge is 2.92. The Hall–Kier alpha value is -2.35. The number of ketones is 1. The van der Waals surface area contributed by atoms with Crippen LogP contribution < -0.4 is 4.74 Å². The largest absolute Gasteiger partial charge is 0.506 e. The first-order valence-electron chi connectivity index (χ1n) is 12.7. The molecule has 204 valence electrons. The lowest BCUT2D eigenvalue weighted by Crippen LogP contribution is -2.70. The van der Waals surface area contributed by atoms with Crippen LogP contribution in [-0.2, 0) is 30.3 Å². The molecule has 0 amide bonds. The fourth-order valence-electron chi connectivity index (χ4n) is 7.41. The van der Waals surface area contributed by atoms with Gasteiger partial charge in [0.05, 0.1) is 36.9 Å². The number of aryl methyl sites for hydroxylation is 1. The number of hydrogen-bond acceptors (Lipinski definition) is 11. The zero-order valence-electron chi connectivity index (χ0n) is 21.4. The minimum atomic E-state index is -1.52. The lowest BCUT2D eigenvalue weighted by Gasteiger charge is -2.49. The van der Waals surface area contributed by atoms with Crippen LogP contribution in [0.1, 0.15) is 58.2 Å². The molecule has 2 aromatic rings. The highest BCUT2D eigenvalue weighted by molar-refractivity contribution is 6.11. The Morgan fingerprint density at radius 2 is 1.95 bits per heavy atom. The molecule has 2 aromatic carbocycles.